The second-order valence-corrected chi connectivity index (χ2v) is 12.7. The molecule has 1 aliphatic heterocycles. The summed E-state index contributed by atoms with van der Waals surface area (Å²) in [5, 5.41) is 4.08. The number of methoxy groups -OCH3 is 2. The molecule has 47 heavy (non-hydrogen) atoms. The van der Waals surface area contributed by atoms with Crippen LogP contribution in [0.4, 0.5) is 0 Å². The van der Waals surface area contributed by atoms with E-state index < -0.39 is 12.0 Å². The second kappa shape index (κ2) is 13.9. The van der Waals surface area contributed by atoms with E-state index in [2.05, 4.69) is 22.0 Å². The fraction of sp³-hybridized carbons (Fsp3) is 0.395. The number of amides is 2. The number of benzene rings is 3. The van der Waals surface area contributed by atoms with Crippen molar-refractivity contribution in [1.82, 2.24) is 14.8 Å². The molecule has 0 bridgehead atoms. The van der Waals surface area contributed by atoms with E-state index in [0.29, 0.717) is 31.1 Å². The summed E-state index contributed by atoms with van der Waals surface area (Å²) < 4.78 is 19.1. The Morgan fingerprint density at radius 3 is 2.40 bits per heavy atom. The van der Waals surface area contributed by atoms with Gasteiger partial charge in [-0.05, 0) is 59.7 Å². The van der Waals surface area contributed by atoms with Gasteiger partial charge in [0.05, 0.1) is 32.9 Å². The topological polar surface area (TPSA) is 99.1 Å². The quantitative estimate of drug-likeness (QED) is 0.230. The number of likely N-dealkylation sites (N-methyl/N-ethyl adjacent to an activating group) is 1. The highest BCUT2D eigenvalue weighted by Gasteiger charge is 2.30. The van der Waals surface area contributed by atoms with Crippen LogP contribution < -0.4 is 14.8 Å². The largest absolute Gasteiger partial charge is 0.497 e. The number of nitrogens with one attached hydrogen (secondary N) is 1. The normalized spacial score (nSPS) is 15.1. The molecule has 1 aliphatic carbocycles. The highest BCUT2D eigenvalue weighted by Crippen LogP contribution is 2.47. The van der Waals surface area contributed by atoms with E-state index in [1.54, 1.807) is 26.1 Å². The zero-order valence-corrected chi connectivity index (χ0v) is 27.6. The second-order valence-electron chi connectivity index (χ2n) is 12.7. The lowest BCUT2D eigenvalue weighted by Gasteiger charge is -2.23. The van der Waals surface area contributed by atoms with E-state index in [1.807, 2.05) is 48.5 Å². The number of aromatic nitrogens is 1. The Bertz CT molecular complexity index is 1790. The van der Waals surface area contributed by atoms with E-state index in [1.165, 1.54) is 31.9 Å². The molecule has 1 aromatic heterocycles. The molecular weight excluding hydrogens is 594 g/mol. The van der Waals surface area contributed by atoms with Gasteiger partial charge in [0, 0.05) is 48.6 Å². The molecule has 4 aromatic rings. The molecule has 9 heteroatoms. The molecule has 1 N–H and O–H groups in total. The Labute approximate surface area is 275 Å². The van der Waals surface area contributed by atoms with Crippen molar-refractivity contribution >= 4 is 28.7 Å². The Morgan fingerprint density at radius 2 is 1.70 bits per heavy atom. The third kappa shape index (κ3) is 6.70. The zero-order valence-electron chi connectivity index (χ0n) is 27.6. The summed E-state index contributed by atoms with van der Waals surface area (Å²) in [5.74, 6) is 1.12. The molecule has 6 rings (SSSR count). The molecule has 9 nitrogen and oxygen atoms in total. The molecule has 0 unspecified atom stereocenters. The van der Waals surface area contributed by atoms with Gasteiger partial charge in [0.1, 0.15) is 24.1 Å². The molecule has 1 fully saturated rings. The maximum atomic E-state index is 13.8. The van der Waals surface area contributed by atoms with Crippen LogP contribution in [0.2, 0.25) is 0 Å². The van der Waals surface area contributed by atoms with Crippen molar-refractivity contribution in [3.8, 4) is 22.8 Å². The van der Waals surface area contributed by atoms with Crippen LogP contribution in [0.5, 0.6) is 11.5 Å². The summed E-state index contributed by atoms with van der Waals surface area (Å²) in [7, 11) is 6.44. The molecule has 2 amide bonds. The first-order valence-electron chi connectivity index (χ1n) is 16.4. The number of fused-ring (bicyclic) bond motifs is 5. The lowest BCUT2D eigenvalue weighted by atomic mass is 9.81. The van der Waals surface area contributed by atoms with Crippen molar-refractivity contribution in [3.63, 3.8) is 0 Å². The van der Waals surface area contributed by atoms with Crippen LogP contribution in [-0.4, -0.2) is 68.2 Å². The molecular formula is C38H43N3O6. The van der Waals surface area contributed by atoms with Gasteiger partial charge >= 0.3 is 5.97 Å². The minimum Gasteiger partial charge on any atom is -0.497 e. The smallest absolute Gasteiger partial charge is 0.328 e. The van der Waals surface area contributed by atoms with Crippen molar-refractivity contribution in [2.45, 2.75) is 63.5 Å². The van der Waals surface area contributed by atoms with Crippen molar-refractivity contribution in [2.75, 3.05) is 34.9 Å². The Balaban J connectivity index is 1.32. The van der Waals surface area contributed by atoms with Crippen LogP contribution in [0.25, 0.3) is 22.2 Å². The molecule has 0 saturated heterocycles. The molecule has 2 heterocycles. The van der Waals surface area contributed by atoms with E-state index >= 15 is 0 Å². The highest BCUT2D eigenvalue weighted by atomic mass is 16.5. The lowest BCUT2D eigenvalue weighted by molar-refractivity contribution is -0.142. The summed E-state index contributed by atoms with van der Waals surface area (Å²) in [6.45, 7) is 1.13. The summed E-state index contributed by atoms with van der Waals surface area (Å²) in [6, 6.07) is 18.5. The van der Waals surface area contributed by atoms with E-state index in [9.17, 15) is 14.4 Å². The van der Waals surface area contributed by atoms with Crippen molar-refractivity contribution in [2.24, 2.45) is 0 Å². The van der Waals surface area contributed by atoms with Gasteiger partial charge in [-0.25, -0.2) is 4.79 Å². The fourth-order valence-corrected chi connectivity index (χ4v) is 6.97. The van der Waals surface area contributed by atoms with Gasteiger partial charge in [0.2, 0.25) is 5.91 Å². The minimum atomic E-state index is -0.880. The first-order chi connectivity index (χ1) is 22.8. The highest BCUT2D eigenvalue weighted by molar-refractivity contribution is 6.02. The van der Waals surface area contributed by atoms with Gasteiger partial charge in [0.25, 0.3) is 5.91 Å². The van der Waals surface area contributed by atoms with Crippen LogP contribution in [0.1, 0.15) is 65.1 Å². The maximum absolute atomic E-state index is 13.8. The van der Waals surface area contributed by atoms with Gasteiger partial charge in [-0.1, -0.05) is 49.6 Å². The predicted molar refractivity (Wildman–Crippen MR) is 181 cm³/mol. The first-order valence-corrected chi connectivity index (χ1v) is 16.4. The third-order valence-electron chi connectivity index (χ3n) is 9.50. The maximum Gasteiger partial charge on any atom is 0.328 e. The molecule has 2 aliphatic rings. The van der Waals surface area contributed by atoms with Gasteiger partial charge < -0.3 is 29.0 Å². The summed E-state index contributed by atoms with van der Waals surface area (Å²) in [6.07, 6.45) is 6.48. The van der Waals surface area contributed by atoms with Crippen LogP contribution >= 0.6 is 0 Å². The monoisotopic (exact) mass is 637 g/mol. The Hall–Kier alpha value is -4.79. The SMILES string of the molecule is COC(=O)[C@H](Cc1ccc(CC(=O)N(C)C)cc1)NC(=O)c1ccc2c(C3CCCCC3)c3n(c2c1)CCOc1cc(OC)ccc1-3. The summed E-state index contributed by atoms with van der Waals surface area (Å²) in [4.78, 5) is 40.3. The van der Waals surface area contributed by atoms with Crippen LogP contribution in [-0.2, 0) is 33.7 Å². The molecule has 0 spiro atoms. The zero-order chi connectivity index (χ0) is 33.1. The molecule has 1 atom stereocenters. The average molecular weight is 638 g/mol. The van der Waals surface area contributed by atoms with Gasteiger partial charge in [-0.2, -0.15) is 0 Å². The lowest BCUT2D eigenvalue weighted by Crippen LogP contribution is -2.43. The number of nitrogens with zero attached hydrogens (tertiary/aromatic N) is 2. The summed E-state index contributed by atoms with van der Waals surface area (Å²) in [5.41, 5.74) is 6.70. The van der Waals surface area contributed by atoms with Crippen LogP contribution in [0.15, 0.2) is 60.7 Å². The van der Waals surface area contributed by atoms with Gasteiger partial charge in [-0.3, -0.25) is 9.59 Å². The van der Waals surface area contributed by atoms with Crippen molar-refractivity contribution in [3.05, 3.63) is 82.9 Å². The first kappa shape index (κ1) is 32.2. The Morgan fingerprint density at radius 1 is 0.957 bits per heavy atom. The number of hydrogen-bond donors (Lipinski definition) is 1. The summed E-state index contributed by atoms with van der Waals surface area (Å²) >= 11 is 0. The minimum absolute atomic E-state index is 0.0112. The Kier molecular flexibility index (Phi) is 9.52. The number of esters is 1. The van der Waals surface area contributed by atoms with Crippen LogP contribution in [0, 0.1) is 0 Å². The molecule has 0 radical (unpaired) electrons. The average Bonchev–Trinajstić information content (AvgIpc) is 3.29. The van der Waals surface area contributed by atoms with E-state index in [4.69, 9.17) is 14.2 Å². The van der Waals surface area contributed by atoms with Crippen molar-refractivity contribution in [1.29, 1.82) is 0 Å². The van der Waals surface area contributed by atoms with Crippen LogP contribution in [0.3, 0.4) is 0 Å². The van der Waals surface area contributed by atoms with E-state index in [0.717, 1.165) is 57.6 Å². The standard InChI is InChI=1S/C38H43N3O6/c1-40(2)34(42)21-25-12-10-24(11-13-25)20-31(38(44)46-4)39-37(43)27-14-16-29-32(22-27)41-18-19-47-33-23-28(45-3)15-17-30(33)36(41)35(29)26-8-6-5-7-9-26/h10-17,22-23,26,31H,5-9,18-21H2,1-4H3,(H,39,43)/t31-/m0/s1. The van der Waals surface area contributed by atoms with Crippen molar-refractivity contribution < 1.29 is 28.6 Å². The number of ether oxygens (including phenoxy) is 3. The molecule has 246 valence electrons. The number of rotatable bonds is 9. The van der Waals surface area contributed by atoms with Gasteiger partial charge in [-0.15, -0.1) is 0 Å². The third-order valence-corrected chi connectivity index (χ3v) is 9.50. The number of carbonyl (C=O) groups excluding carboxylic acids is 3. The number of carbonyl (C=O) groups is 3. The van der Waals surface area contributed by atoms with Gasteiger partial charge in [0.15, 0.2) is 0 Å². The molecule has 3 aromatic carbocycles. The predicted octanol–water partition coefficient (Wildman–Crippen LogP) is 5.90. The number of hydrogen-bond acceptors (Lipinski definition) is 6. The molecule has 1 saturated carbocycles. The van der Waals surface area contributed by atoms with E-state index in [-0.39, 0.29) is 18.2 Å². The fourth-order valence-electron chi connectivity index (χ4n) is 6.97.